The highest BCUT2D eigenvalue weighted by atomic mass is 16.3. The summed E-state index contributed by atoms with van der Waals surface area (Å²) in [7, 11) is 0. The van der Waals surface area contributed by atoms with Crippen LogP contribution in [0.25, 0.3) is 54.6 Å². The van der Waals surface area contributed by atoms with E-state index in [1.165, 1.54) is 21.9 Å². The quantitative estimate of drug-likeness (QED) is 0.234. The molecule has 2 nitrogen and oxygen atoms in total. The zero-order valence-electron chi connectivity index (χ0n) is 21.8. The maximum Gasteiger partial charge on any atom is 0.143 e. The Labute approximate surface area is 232 Å². The van der Waals surface area contributed by atoms with E-state index in [1.807, 2.05) is 12.1 Å². The van der Waals surface area contributed by atoms with Gasteiger partial charge in [0, 0.05) is 32.9 Å². The van der Waals surface area contributed by atoms with Crippen LogP contribution in [0.1, 0.15) is 0 Å². The summed E-state index contributed by atoms with van der Waals surface area (Å²) in [6.07, 6.45) is 0. The molecule has 2 heteroatoms. The fraction of sp³-hybridized carbons (Fsp3) is 0. The van der Waals surface area contributed by atoms with Crippen LogP contribution in [0.15, 0.2) is 156 Å². The Balaban J connectivity index is 1.36. The fourth-order valence-corrected chi connectivity index (χ4v) is 5.90. The third-order valence-corrected chi connectivity index (χ3v) is 7.84. The highest BCUT2D eigenvalue weighted by Gasteiger charge is 2.18. The largest absolute Gasteiger partial charge is 0.455 e. The molecule has 0 aliphatic carbocycles. The van der Waals surface area contributed by atoms with Crippen molar-refractivity contribution in [1.29, 1.82) is 0 Å². The van der Waals surface area contributed by atoms with Crippen molar-refractivity contribution in [2.24, 2.45) is 0 Å². The molecule has 0 aliphatic heterocycles. The lowest BCUT2D eigenvalue weighted by molar-refractivity contribution is 0.672. The predicted molar refractivity (Wildman–Crippen MR) is 169 cm³/mol. The molecule has 0 fully saturated rings. The highest BCUT2D eigenvalue weighted by molar-refractivity contribution is 6.17. The van der Waals surface area contributed by atoms with Gasteiger partial charge in [-0.2, -0.15) is 0 Å². The molecule has 1 heterocycles. The van der Waals surface area contributed by atoms with Gasteiger partial charge >= 0.3 is 0 Å². The molecular weight excluding hydrogens is 486 g/mol. The van der Waals surface area contributed by atoms with Crippen LogP contribution in [-0.2, 0) is 0 Å². The zero-order valence-corrected chi connectivity index (χ0v) is 21.8. The molecule has 1 aromatic heterocycles. The first-order valence-electron chi connectivity index (χ1n) is 13.6. The van der Waals surface area contributed by atoms with E-state index in [-0.39, 0.29) is 0 Å². The number of para-hydroxylation sites is 1. The van der Waals surface area contributed by atoms with E-state index >= 15 is 0 Å². The van der Waals surface area contributed by atoms with Crippen LogP contribution in [-0.4, -0.2) is 0 Å². The van der Waals surface area contributed by atoms with E-state index < -0.39 is 0 Å². The molecule has 40 heavy (non-hydrogen) atoms. The Morgan fingerprint density at radius 1 is 0.400 bits per heavy atom. The number of fused-ring (bicyclic) bond motifs is 6. The van der Waals surface area contributed by atoms with Gasteiger partial charge in [0.25, 0.3) is 0 Å². The molecule has 8 aromatic rings. The molecule has 0 atom stereocenters. The van der Waals surface area contributed by atoms with E-state index in [2.05, 4.69) is 144 Å². The Morgan fingerprint density at radius 2 is 1.05 bits per heavy atom. The third-order valence-electron chi connectivity index (χ3n) is 7.84. The SMILES string of the molecule is c1ccc(-c2ccc(N(c3ccc4ccccc4c3)c3cccc4c3ccc3c5ccccc5oc43)cc2)cc1. The second-order valence-corrected chi connectivity index (χ2v) is 10.2. The van der Waals surface area contributed by atoms with E-state index in [4.69, 9.17) is 4.42 Å². The molecule has 0 N–H and O–H groups in total. The molecule has 0 bridgehead atoms. The number of nitrogens with zero attached hydrogens (tertiary/aromatic N) is 1. The number of benzene rings is 7. The third kappa shape index (κ3) is 3.65. The first-order chi connectivity index (χ1) is 19.8. The highest BCUT2D eigenvalue weighted by Crippen LogP contribution is 2.43. The van der Waals surface area contributed by atoms with Crippen LogP contribution in [0.5, 0.6) is 0 Å². The van der Waals surface area contributed by atoms with Crippen molar-refractivity contribution in [1.82, 2.24) is 0 Å². The van der Waals surface area contributed by atoms with Gasteiger partial charge in [-0.1, -0.05) is 109 Å². The van der Waals surface area contributed by atoms with Crippen molar-refractivity contribution < 1.29 is 4.42 Å². The number of furan rings is 1. The Morgan fingerprint density at radius 3 is 1.93 bits per heavy atom. The van der Waals surface area contributed by atoms with Gasteiger partial charge in [0.15, 0.2) is 0 Å². The minimum absolute atomic E-state index is 0.915. The van der Waals surface area contributed by atoms with Gasteiger partial charge in [-0.25, -0.2) is 0 Å². The summed E-state index contributed by atoms with van der Waals surface area (Å²) in [5.41, 5.74) is 7.59. The molecular formula is C38H25NO. The Kier molecular flexibility index (Phi) is 5.17. The normalized spacial score (nSPS) is 11.5. The smallest absolute Gasteiger partial charge is 0.143 e. The Hall–Kier alpha value is -5.34. The monoisotopic (exact) mass is 511 g/mol. The molecule has 8 rings (SSSR count). The average molecular weight is 512 g/mol. The minimum Gasteiger partial charge on any atom is -0.455 e. The van der Waals surface area contributed by atoms with Crippen molar-refractivity contribution in [3.63, 3.8) is 0 Å². The predicted octanol–water partition coefficient (Wildman–Crippen LogP) is 11.0. The standard InChI is InChI=1S/C38H25NO/c1-2-9-26(10-3-1)28-17-20-30(21-18-28)39(31-22-19-27-11-4-5-12-29(27)25-31)36-15-8-14-34-32(36)23-24-35-33-13-6-7-16-37(33)40-38(34)35/h1-25H. The van der Waals surface area contributed by atoms with E-state index in [0.717, 1.165) is 49.8 Å². The summed E-state index contributed by atoms with van der Waals surface area (Å²) in [4.78, 5) is 2.36. The van der Waals surface area contributed by atoms with Gasteiger partial charge in [-0.05, 0) is 64.4 Å². The summed E-state index contributed by atoms with van der Waals surface area (Å²) in [5.74, 6) is 0. The van der Waals surface area contributed by atoms with Crippen molar-refractivity contribution in [2.75, 3.05) is 4.90 Å². The van der Waals surface area contributed by atoms with Crippen molar-refractivity contribution in [3.8, 4) is 11.1 Å². The van der Waals surface area contributed by atoms with Crippen LogP contribution in [0.3, 0.4) is 0 Å². The zero-order chi connectivity index (χ0) is 26.5. The molecule has 0 amide bonds. The summed E-state index contributed by atoms with van der Waals surface area (Å²) in [5, 5.41) is 6.99. The van der Waals surface area contributed by atoms with Crippen LogP contribution in [0.4, 0.5) is 17.1 Å². The molecule has 0 unspecified atom stereocenters. The van der Waals surface area contributed by atoms with E-state index in [1.54, 1.807) is 0 Å². The molecule has 0 saturated carbocycles. The van der Waals surface area contributed by atoms with Gasteiger partial charge in [0.1, 0.15) is 11.2 Å². The lowest BCUT2D eigenvalue weighted by Gasteiger charge is -2.27. The minimum atomic E-state index is 0.915. The molecule has 0 aliphatic rings. The molecule has 0 spiro atoms. The van der Waals surface area contributed by atoms with Crippen LogP contribution in [0, 0.1) is 0 Å². The molecule has 188 valence electrons. The summed E-state index contributed by atoms with van der Waals surface area (Å²) in [6, 6.07) is 53.8. The van der Waals surface area contributed by atoms with E-state index in [9.17, 15) is 0 Å². The second-order valence-electron chi connectivity index (χ2n) is 10.2. The maximum atomic E-state index is 6.42. The second kappa shape index (κ2) is 9.14. The lowest BCUT2D eigenvalue weighted by Crippen LogP contribution is -2.10. The first kappa shape index (κ1) is 22.6. The van der Waals surface area contributed by atoms with Crippen molar-refractivity contribution in [2.45, 2.75) is 0 Å². The summed E-state index contributed by atoms with van der Waals surface area (Å²) in [6.45, 7) is 0. The topological polar surface area (TPSA) is 16.4 Å². The lowest BCUT2D eigenvalue weighted by atomic mass is 10.0. The van der Waals surface area contributed by atoms with Gasteiger partial charge in [-0.3, -0.25) is 0 Å². The van der Waals surface area contributed by atoms with Crippen molar-refractivity contribution >= 4 is 60.5 Å². The van der Waals surface area contributed by atoms with E-state index in [0.29, 0.717) is 0 Å². The summed E-state index contributed by atoms with van der Waals surface area (Å²) >= 11 is 0. The summed E-state index contributed by atoms with van der Waals surface area (Å²) < 4.78 is 6.42. The number of rotatable bonds is 4. The Bertz CT molecular complexity index is 2160. The van der Waals surface area contributed by atoms with Crippen LogP contribution < -0.4 is 4.90 Å². The van der Waals surface area contributed by atoms with Gasteiger partial charge < -0.3 is 9.32 Å². The van der Waals surface area contributed by atoms with Crippen LogP contribution in [0.2, 0.25) is 0 Å². The van der Waals surface area contributed by atoms with Crippen LogP contribution >= 0.6 is 0 Å². The molecule has 0 radical (unpaired) electrons. The fourth-order valence-electron chi connectivity index (χ4n) is 5.90. The number of anilines is 3. The van der Waals surface area contributed by atoms with Crippen molar-refractivity contribution in [3.05, 3.63) is 152 Å². The molecule has 0 saturated heterocycles. The number of hydrogen-bond acceptors (Lipinski definition) is 2. The van der Waals surface area contributed by atoms with Gasteiger partial charge in [0.2, 0.25) is 0 Å². The average Bonchev–Trinajstić information content (AvgIpc) is 3.41. The molecule has 7 aromatic carbocycles. The van der Waals surface area contributed by atoms with Gasteiger partial charge in [0.05, 0.1) is 5.69 Å². The number of hydrogen-bond donors (Lipinski definition) is 0. The van der Waals surface area contributed by atoms with Gasteiger partial charge in [-0.15, -0.1) is 0 Å². The maximum absolute atomic E-state index is 6.42. The first-order valence-corrected chi connectivity index (χ1v) is 13.6.